The van der Waals surface area contributed by atoms with Crippen LogP contribution in [0.25, 0.3) is 0 Å². The lowest BCUT2D eigenvalue weighted by Crippen LogP contribution is -2.17. The summed E-state index contributed by atoms with van der Waals surface area (Å²) in [6, 6.07) is 6.13. The molecule has 0 aliphatic heterocycles. The van der Waals surface area contributed by atoms with Crippen molar-refractivity contribution in [1.82, 2.24) is 15.3 Å². The summed E-state index contributed by atoms with van der Waals surface area (Å²) in [4.78, 5) is 7.25. The Hall–Kier alpha value is -2.01. The molecule has 0 saturated heterocycles. The van der Waals surface area contributed by atoms with Crippen LogP contribution < -0.4 is 14.8 Å². The summed E-state index contributed by atoms with van der Waals surface area (Å²) in [7, 11) is 0. The average molecular weight is 289 g/mol. The molecule has 5 heteroatoms. The molecular weight excluding hydrogens is 266 g/mol. The van der Waals surface area contributed by atoms with Crippen molar-refractivity contribution in [1.29, 1.82) is 0 Å². The first-order valence-electron chi connectivity index (χ1n) is 7.41. The molecule has 1 aromatic carbocycles. The van der Waals surface area contributed by atoms with Crippen LogP contribution in [-0.2, 0) is 13.0 Å². The van der Waals surface area contributed by atoms with Crippen molar-refractivity contribution in [2.24, 2.45) is 0 Å². The third-order valence-electron chi connectivity index (χ3n) is 3.05. The number of aromatic amines is 1. The zero-order valence-electron chi connectivity index (χ0n) is 12.7. The van der Waals surface area contributed by atoms with Gasteiger partial charge in [0.25, 0.3) is 0 Å². The van der Waals surface area contributed by atoms with Crippen molar-refractivity contribution in [3.8, 4) is 11.5 Å². The van der Waals surface area contributed by atoms with Crippen molar-refractivity contribution in [3.63, 3.8) is 0 Å². The summed E-state index contributed by atoms with van der Waals surface area (Å²) >= 11 is 0. The Balaban J connectivity index is 1.86. The quantitative estimate of drug-likeness (QED) is 0.697. The van der Waals surface area contributed by atoms with E-state index < -0.39 is 0 Å². The Morgan fingerprint density at radius 1 is 1.14 bits per heavy atom. The van der Waals surface area contributed by atoms with E-state index in [-0.39, 0.29) is 0 Å². The maximum Gasteiger partial charge on any atom is 0.161 e. The van der Waals surface area contributed by atoms with Crippen molar-refractivity contribution in [3.05, 3.63) is 42.0 Å². The lowest BCUT2D eigenvalue weighted by Gasteiger charge is -2.12. The van der Waals surface area contributed by atoms with Gasteiger partial charge in [-0.1, -0.05) is 6.07 Å². The van der Waals surface area contributed by atoms with Crippen molar-refractivity contribution < 1.29 is 9.47 Å². The summed E-state index contributed by atoms with van der Waals surface area (Å²) in [5.41, 5.74) is 1.23. The topological polar surface area (TPSA) is 59.2 Å². The fourth-order valence-electron chi connectivity index (χ4n) is 2.09. The smallest absolute Gasteiger partial charge is 0.161 e. The zero-order valence-corrected chi connectivity index (χ0v) is 12.7. The summed E-state index contributed by atoms with van der Waals surface area (Å²) in [6.45, 7) is 6.88. The van der Waals surface area contributed by atoms with Gasteiger partial charge in [-0.25, -0.2) is 4.98 Å². The minimum Gasteiger partial charge on any atom is -0.490 e. The van der Waals surface area contributed by atoms with Gasteiger partial charge in [0.05, 0.1) is 19.8 Å². The van der Waals surface area contributed by atoms with Gasteiger partial charge in [0, 0.05) is 12.4 Å². The Labute approximate surface area is 125 Å². The van der Waals surface area contributed by atoms with E-state index in [1.165, 1.54) is 5.56 Å². The van der Waals surface area contributed by atoms with E-state index in [1.807, 2.05) is 26.1 Å². The molecule has 0 aliphatic rings. The first-order valence-corrected chi connectivity index (χ1v) is 7.41. The molecule has 0 unspecified atom stereocenters. The Bertz CT molecular complexity index is 526. The van der Waals surface area contributed by atoms with E-state index in [0.29, 0.717) is 13.2 Å². The number of benzene rings is 1. The fourth-order valence-corrected chi connectivity index (χ4v) is 2.09. The van der Waals surface area contributed by atoms with E-state index in [4.69, 9.17) is 9.47 Å². The van der Waals surface area contributed by atoms with Gasteiger partial charge in [0.15, 0.2) is 11.5 Å². The van der Waals surface area contributed by atoms with Crippen LogP contribution >= 0.6 is 0 Å². The molecule has 1 heterocycles. The van der Waals surface area contributed by atoms with Crippen LogP contribution in [-0.4, -0.2) is 29.7 Å². The lowest BCUT2D eigenvalue weighted by molar-refractivity contribution is 0.287. The van der Waals surface area contributed by atoms with E-state index >= 15 is 0 Å². The number of aromatic nitrogens is 2. The largest absolute Gasteiger partial charge is 0.490 e. The van der Waals surface area contributed by atoms with E-state index in [9.17, 15) is 0 Å². The predicted molar refractivity (Wildman–Crippen MR) is 82.8 cm³/mol. The van der Waals surface area contributed by atoms with Gasteiger partial charge in [-0.2, -0.15) is 0 Å². The molecule has 0 spiro atoms. The number of nitrogens with zero attached hydrogens (tertiary/aromatic N) is 1. The molecule has 114 valence electrons. The second-order valence-electron chi connectivity index (χ2n) is 4.61. The van der Waals surface area contributed by atoms with Crippen LogP contribution in [0.2, 0.25) is 0 Å². The molecule has 2 N–H and O–H groups in total. The maximum atomic E-state index is 5.64. The first kappa shape index (κ1) is 15.4. The molecule has 21 heavy (non-hydrogen) atoms. The predicted octanol–water partition coefficient (Wildman–Crippen LogP) is 2.54. The molecule has 0 saturated carbocycles. The first-order chi connectivity index (χ1) is 10.3. The molecular formula is C16H23N3O2. The summed E-state index contributed by atoms with van der Waals surface area (Å²) < 4.78 is 11.2. The van der Waals surface area contributed by atoms with Crippen LogP contribution in [0.4, 0.5) is 0 Å². The molecule has 0 aliphatic carbocycles. The standard InChI is InChI=1S/C16H23N3O2/c1-3-20-14-6-5-13(11-15(14)21-4-2)7-8-17-12-16-18-9-10-19-16/h5-6,9-11,17H,3-4,7-8,12H2,1-2H3,(H,18,19). The Kier molecular flexibility index (Phi) is 6.09. The highest BCUT2D eigenvalue weighted by atomic mass is 16.5. The molecule has 1 aromatic heterocycles. The van der Waals surface area contributed by atoms with Crippen LogP contribution in [0.5, 0.6) is 11.5 Å². The fraction of sp³-hybridized carbons (Fsp3) is 0.438. The molecule has 0 radical (unpaired) electrons. The highest BCUT2D eigenvalue weighted by molar-refractivity contribution is 5.43. The highest BCUT2D eigenvalue weighted by Gasteiger charge is 2.06. The Morgan fingerprint density at radius 2 is 1.95 bits per heavy atom. The second kappa shape index (κ2) is 8.32. The monoisotopic (exact) mass is 289 g/mol. The van der Waals surface area contributed by atoms with E-state index in [2.05, 4.69) is 27.4 Å². The minimum atomic E-state index is 0.639. The normalized spacial score (nSPS) is 10.6. The van der Waals surface area contributed by atoms with Crippen LogP contribution in [0.1, 0.15) is 25.2 Å². The Morgan fingerprint density at radius 3 is 2.67 bits per heavy atom. The average Bonchev–Trinajstić information content (AvgIpc) is 3.00. The van der Waals surface area contributed by atoms with Crippen LogP contribution in [0.3, 0.4) is 0 Å². The van der Waals surface area contributed by atoms with Crippen LogP contribution in [0.15, 0.2) is 30.6 Å². The number of hydrogen-bond acceptors (Lipinski definition) is 4. The molecule has 0 bridgehead atoms. The number of imidazole rings is 1. The molecule has 0 fully saturated rings. The lowest BCUT2D eigenvalue weighted by atomic mass is 10.1. The molecule has 2 aromatic rings. The molecule has 0 atom stereocenters. The van der Waals surface area contributed by atoms with Gasteiger partial charge in [0.1, 0.15) is 5.82 Å². The summed E-state index contributed by atoms with van der Waals surface area (Å²) in [5.74, 6) is 2.59. The van der Waals surface area contributed by atoms with Crippen molar-refractivity contribution in [2.45, 2.75) is 26.8 Å². The van der Waals surface area contributed by atoms with Gasteiger partial charge < -0.3 is 19.8 Å². The number of hydrogen-bond donors (Lipinski definition) is 2. The van der Waals surface area contributed by atoms with Crippen LogP contribution in [0, 0.1) is 0 Å². The SMILES string of the molecule is CCOc1ccc(CCNCc2ncc[nH]2)cc1OCC. The third-order valence-corrected chi connectivity index (χ3v) is 3.05. The minimum absolute atomic E-state index is 0.639. The van der Waals surface area contributed by atoms with Crippen molar-refractivity contribution in [2.75, 3.05) is 19.8 Å². The molecule has 2 rings (SSSR count). The number of ether oxygens (including phenoxy) is 2. The molecule has 5 nitrogen and oxygen atoms in total. The van der Waals surface area contributed by atoms with Gasteiger partial charge in [0.2, 0.25) is 0 Å². The van der Waals surface area contributed by atoms with Gasteiger partial charge in [-0.3, -0.25) is 0 Å². The van der Waals surface area contributed by atoms with Gasteiger partial charge in [-0.05, 0) is 44.5 Å². The number of nitrogens with one attached hydrogen (secondary N) is 2. The number of rotatable bonds is 9. The summed E-state index contributed by atoms with van der Waals surface area (Å²) in [6.07, 6.45) is 4.53. The summed E-state index contributed by atoms with van der Waals surface area (Å²) in [5, 5.41) is 3.36. The van der Waals surface area contributed by atoms with Gasteiger partial charge >= 0.3 is 0 Å². The van der Waals surface area contributed by atoms with E-state index in [1.54, 1.807) is 6.20 Å². The molecule has 0 amide bonds. The third kappa shape index (κ3) is 4.79. The van der Waals surface area contributed by atoms with Gasteiger partial charge in [-0.15, -0.1) is 0 Å². The van der Waals surface area contributed by atoms with Crippen molar-refractivity contribution >= 4 is 0 Å². The van der Waals surface area contributed by atoms with E-state index in [0.717, 1.165) is 36.8 Å². The maximum absolute atomic E-state index is 5.64. The number of H-pyrrole nitrogens is 1. The second-order valence-corrected chi connectivity index (χ2v) is 4.61. The highest BCUT2D eigenvalue weighted by Crippen LogP contribution is 2.28. The zero-order chi connectivity index (χ0) is 14.9.